The van der Waals surface area contributed by atoms with Gasteiger partial charge in [0.2, 0.25) is 0 Å². The van der Waals surface area contributed by atoms with Gasteiger partial charge in [0.05, 0.1) is 22.3 Å². The van der Waals surface area contributed by atoms with Crippen LogP contribution in [0.4, 0.5) is 0 Å². The number of fused-ring (bicyclic) bond motifs is 7. The summed E-state index contributed by atoms with van der Waals surface area (Å²) in [4.78, 5) is 1.17. The molecule has 3 nitrogen and oxygen atoms in total. The average Bonchev–Trinajstić information content (AvgIpc) is 3.90. The molecule has 3 aromatic heterocycles. The molecule has 0 fully saturated rings. The number of nitrogens with zero attached hydrogens (tertiary/aromatic N) is 2. The zero-order valence-electron chi connectivity index (χ0n) is 29.5. The van der Waals surface area contributed by atoms with Crippen molar-refractivity contribution >= 4 is 77.3 Å². The molecule has 0 aliphatic carbocycles. The van der Waals surface area contributed by atoms with Crippen LogP contribution in [0.25, 0.3) is 105 Å². The molecule has 3 heterocycles. The quantitative estimate of drug-likeness (QED) is 0.173. The van der Waals surface area contributed by atoms with E-state index < -0.39 is 0 Å². The standard InChI is InChI=1S/C50H32N2OS/c1-3-13-46-37(4-2)48-38(18-12-21-47(48)54-46)35-26-36(30-51)49-42(29-35)39-19-11-20-45(50(39)53-49)52-43-24-22-33(31-14-7-5-8-15-31)27-40(43)41-28-34(23-25-44(41)52)32-16-9-6-10-17-32/h3-29H,2H2,1H3/b13-3-. The van der Waals surface area contributed by atoms with Gasteiger partial charge in [-0.1, -0.05) is 116 Å². The molecule has 0 aliphatic heterocycles. The van der Waals surface area contributed by atoms with Gasteiger partial charge in [-0.3, -0.25) is 0 Å². The van der Waals surface area contributed by atoms with E-state index in [-0.39, 0.29) is 0 Å². The van der Waals surface area contributed by atoms with Gasteiger partial charge < -0.3 is 8.98 Å². The molecule has 0 aliphatic rings. The zero-order chi connectivity index (χ0) is 36.3. The van der Waals surface area contributed by atoms with E-state index in [1.807, 2.05) is 19.1 Å². The van der Waals surface area contributed by atoms with Crippen molar-refractivity contribution in [2.75, 3.05) is 0 Å². The number of allylic oxidation sites excluding steroid dienone is 1. The van der Waals surface area contributed by atoms with Gasteiger partial charge in [-0.15, -0.1) is 11.3 Å². The van der Waals surface area contributed by atoms with Crippen LogP contribution in [0.5, 0.6) is 0 Å². The topological polar surface area (TPSA) is 41.9 Å². The second kappa shape index (κ2) is 12.6. The minimum absolute atomic E-state index is 0.507. The molecule has 0 saturated heterocycles. The van der Waals surface area contributed by atoms with Gasteiger partial charge in [0, 0.05) is 42.1 Å². The fourth-order valence-corrected chi connectivity index (χ4v) is 9.32. The molecular formula is C50H32N2OS. The minimum Gasteiger partial charge on any atom is -0.452 e. The van der Waals surface area contributed by atoms with E-state index in [2.05, 4.69) is 169 Å². The molecule has 0 radical (unpaired) electrons. The summed E-state index contributed by atoms with van der Waals surface area (Å²) in [6, 6.07) is 53.9. The van der Waals surface area contributed by atoms with Crippen molar-refractivity contribution in [3.05, 3.63) is 174 Å². The summed E-state index contributed by atoms with van der Waals surface area (Å²) in [5.74, 6) is 0. The molecule has 10 rings (SSSR count). The number of aromatic nitrogens is 1. The van der Waals surface area contributed by atoms with Crippen molar-refractivity contribution < 1.29 is 4.42 Å². The first-order chi connectivity index (χ1) is 26.6. The Morgan fingerprint density at radius 2 is 1.28 bits per heavy atom. The summed E-state index contributed by atoms with van der Waals surface area (Å²) in [6.45, 7) is 6.20. The highest BCUT2D eigenvalue weighted by atomic mass is 32.1. The Balaban J connectivity index is 1.23. The number of thiophene rings is 1. The first-order valence-corrected chi connectivity index (χ1v) is 18.9. The van der Waals surface area contributed by atoms with Crippen molar-refractivity contribution in [1.29, 1.82) is 5.26 Å². The maximum absolute atomic E-state index is 10.6. The number of hydrogen-bond donors (Lipinski definition) is 0. The molecule has 0 bridgehead atoms. The SMILES string of the molecule is C=Cc1c(/C=C\C)sc2cccc(-c3cc(C#N)c4oc5c(-n6c7ccc(-c8ccccc8)cc7c7cc(-c8ccccc8)ccc76)cccc5c4c3)c12. The molecule has 7 aromatic carbocycles. The number of furan rings is 1. The lowest BCUT2D eigenvalue weighted by Gasteiger charge is -2.09. The summed E-state index contributed by atoms with van der Waals surface area (Å²) in [5.41, 5.74) is 12.8. The molecular weight excluding hydrogens is 677 g/mol. The van der Waals surface area contributed by atoms with E-state index >= 15 is 0 Å². The second-order valence-corrected chi connectivity index (χ2v) is 14.6. The van der Waals surface area contributed by atoms with Crippen LogP contribution in [0.15, 0.2) is 163 Å². The van der Waals surface area contributed by atoms with Crippen molar-refractivity contribution in [1.82, 2.24) is 4.57 Å². The molecule has 254 valence electrons. The fraction of sp³-hybridized carbons (Fsp3) is 0.0200. The lowest BCUT2D eigenvalue weighted by molar-refractivity contribution is 0.665. The molecule has 54 heavy (non-hydrogen) atoms. The van der Waals surface area contributed by atoms with Gasteiger partial charge in [0.15, 0.2) is 11.2 Å². The van der Waals surface area contributed by atoms with Crippen LogP contribution >= 0.6 is 11.3 Å². The number of nitriles is 1. The van der Waals surface area contributed by atoms with Gasteiger partial charge in [-0.05, 0) is 94.9 Å². The zero-order valence-corrected chi connectivity index (χ0v) is 30.3. The van der Waals surface area contributed by atoms with Gasteiger partial charge in [-0.25, -0.2) is 0 Å². The molecule has 10 aromatic rings. The number of hydrogen-bond acceptors (Lipinski definition) is 3. The first-order valence-electron chi connectivity index (χ1n) is 18.0. The predicted molar refractivity (Wildman–Crippen MR) is 229 cm³/mol. The van der Waals surface area contributed by atoms with Crippen LogP contribution < -0.4 is 0 Å². The number of benzene rings is 7. The third-order valence-corrected chi connectivity index (χ3v) is 11.7. The van der Waals surface area contributed by atoms with E-state index in [1.54, 1.807) is 11.3 Å². The average molecular weight is 709 g/mol. The number of rotatable bonds is 6. The van der Waals surface area contributed by atoms with Crippen LogP contribution in [-0.2, 0) is 0 Å². The first kappa shape index (κ1) is 31.8. The van der Waals surface area contributed by atoms with Crippen molar-refractivity contribution in [2.24, 2.45) is 0 Å². The second-order valence-electron chi connectivity index (χ2n) is 13.6. The highest BCUT2D eigenvalue weighted by Gasteiger charge is 2.22. The Labute approximate surface area is 316 Å². The molecule has 0 atom stereocenters. The van der Waals surface area contributed by atoms with E-state index in [4.69, 9.17) is 4.42 Å². The monoisotopic (exact) mass is 708 g/mol. The van der Waals surface area contributed by atoms with Crippen LogP contribution in [0.1, 0.15) is 22.9 Å². The molecule has 4 heteroatoms. The fourth-order valence-electron chi connectivity index (χ4n) is 8.11. The molecule has 0 unspecified atom stereocenters. The van der Waals surface area contributed by atoms with Gasteiger partial charge in [-0.2, -0.15) is 5.26 Å². The smallest absolute Gasteiger partial charge is 0.159 e. The molecule has 0 saturated carbocycles. The van der Waals surface area contributed by atoms with Gasteiger partial charge in [0.1, 0.15) is 6.07 Å². The molecule has 0 N–H and O–H groups in total. The van der Waals surface area contributed by atoms with E-state index in [9.17, 15) is 5.26 Å². The normalized spacial score (nSPS) is 11.8. The van der Waals surface area contributed by atoms with Crippen LogP contribution in [0.3, 0.4) is 0 Å². The van der Waals surface area contributed by atoms with Crippen molar-refractivity contribution in [2.45, 2.75) is 6.92 Å². The predicted octanol–water partition coefficient (Wildman–Crippen LogP) is 14.4. The molecule has 0 amide bonds. The lowest BCUT2D eigenvalue weighted by atomic mass is 9.95. The van der Waals surface area contributed by atoms with E-state index in [0.29, 0.717) is 11.1 Å². The highest BCUT2D eigenvalue weighted by molar-refractivity contribution is 7.20. The largest absolute Gasteiger partial charge is 0.452 e. The Morgan fingerprint density at radius 1 is 0.630 bits per heavy atom. The van der Waals surface area contributed by atoms with Gasteiger partial charge in [0.25, 0.3) is 0 Å². The van der Waals surface area contributed by atoms with Crippen LogP contribution in [0, 0.1) is 11.3 Å². The highest BCUT2D eigenvalue weighted by Crippen LogP contribution is 2.44. The Kier molecular flexibility index (Phi) is 7.43. The van der Waals surface area contributed by atoms with Crippen LogP contribution in [0.2, 0.25) is 0 Å². The van der Waals surface area contributed by atoms with Gasteiger partial charge >= 0.3 is 0 Å². The minimum atomic E-state index is 0.507. The van der Waals surface area contributed by atoms with E-state index in [0.717, 1.165) is 65.9 Å². The van der Waals surface area contributed by atoms with Crippen molar-refractivity contribution in [3.8, 4) is 45.1 Å². The summed E-state index contributed by atoms with van der Waals surface area (Å²) in [5, 5.41) is 15.9. The molecule has 0 spiro atoms. The Bertz CT molecular complexity index is 3090. The summed E-state index contributed by atoms with van der Waals surface area (Å²) >= 11 is 1.76. The Hall–Kier alpha value is -6.93. The Morgan fingerprint density at radius 3 is 1.91 bits per heavy atom. The summed E-state index contributed by atoms with van der Waals surface area (Å²) in [6.07, 6.45) is 6.15. The third-order valence-electron chi connectivity index (χ3n) is 10.5. The van der Waals surface area contributed by atoms with Crippen molar-refractivity contribution in [3.63, 3.8) is 0 Å². The number of para-hydroxylation sites is 1. The van der Waals surface area contributed by atoms with Crippen LogP contribution in [-0.4, -0.2) is 4.57 Å². The maximum Gasteiger partial charge on any atom is 0.159 e. The third kappa shape index (κ3) is 4.87. The summed E-state index contributed by atoms with van der Waals surface area (Å²) in [7, 11) is 0. The lowest BCUT2D eigenvalue weighted by Crippen LogP contribution is -1.94. The maximum atomic E-state index is 10.6. The van der Waals surface area contributed by atoms with E-state index in [1.165, 1.54) is 31.8 Å². The summed E-state index contributed by atoms with van der Waals surface area (Å²) < 4.78 is 10.3.